The van der Waals surface area contributed by atoms with Crippen molar-refractivity contribution in [1.82, 2.24) is 29.2 Å². The predicted molar refractivity (Wildman–Crippen MR) is 110 cm³/mol. The van der Waals surface area contributed by atoms with Crippen molar-refractivity contribution in [3.63, 3.8) is 0 Å². The van der Waals surface area contributed by atoms with Crippen LogP contribution in [0.2, 0.25) is 0 Å². The van der Waals surface area contributed by atoms with Gasteiger partial charge in [-0.2, -0.15) is 0 Å². The van der Waals surface area contributed by atoms with Gasteiger partial charge in [-0.1, -0.05) is 18.2 Å². The molecule has 0 saturated heterocycles. The van der Waals surface area contributed by atoms with Crippen molar-refractivity contribution in [2.75, 3.05) is 6.54 Å². The average molecular weight is 400 g/mol. The molecule has 5 aromatic rings. The molecule has 8 heteroatoms. The third-order valence-corrected chi connectivity index (χ3v) is 6.47. The molecule has 1 atom stereocenters. The maximum absolute atomic E-state index is 13.6. The number of imidazole rings is 2. The first kappa shape index (κ1) is 16.4. The number of hydrogen-bond acceptors (Lipinski definition) is 5. The van der Waals surface area contributed by atoms with Crippen LogP contribution in [0.15, 0.2) is 61.3 Å². The normalized spacial score (nSPS) is 16.4. The molecule has 1 aliphatic rings. The quantitative estimate of drug-likeness (QED) is 0.492. The number of carbonyl (C=O) groups is 1. The first-order chi connectivity index (χ1) is 14.3. The van der Waals surface area contributed by atoms with Gasteiger partial charge in [0, 0.05) is 24.9 Å². The van der Waals surface area contributed by atoms with Crippen LogP contribution in [0, 0.1) is 0 Å². The van der Waals surface area contributed by atoms with Gasteiger partial charge >= 0.3 is 0 Å². The van der Waals surface area contributed by atoms with Crippen LogP contribution >= 0.6 is 11.3 Å². The molecule has 0 radical (unpaired) electrons. The molecule has 0 spiro atoms. The molecule has 142 valence electrons. The highest BCUT2D eigenvalue weighted by Gasteiger charge is 2.37. The monoisotopic (exact) mass is 400 g/mol. The molecule has 6 rings (SSSR count). The van der Waals surface area contributed by atoms with Crippen LogP contribution in [0.4, 0.5) is 0 Å². The van der Waals surface area contributed by atoms with Gasteiger partial charge in [-0.3, -0.25) is 4.79 Å². The minimum atomic E-state index is -0.324. The van der Waals surface area contributed by atoms with Crippen LogP contribution in [-0.2, 0) is 6.42 Å². The van der Waals surface area contributed by atoms with Crippen molar-refractivity contribution >= 4 is 33.0 Å². The molecule has 1 amide bonds. The summed E-state index contributed by atoms with van der Waals surface area (Å²) in [7, 11) is 0. The Morgan fingerprint density at radius 1 is 1.14 bits per heavy atom. The lowest BCUT2D eigenvalue weighted by Gasteiger charge is -2.33. The molecular formula is C21H16N6OS. The Bertz CT molecular complexity index is 1330. The predicted octanol–water partition coefficient (Wildman–Crippen LogP) is 3.46. The third kappa shape index (κ3) is 2.49. The number of pyridine rings is 1. The van der Waals surface area contributed by atoms with Crippen LogP contribution in [0.5, 0.6) is 0 Å². The fourth-order valence-corrected chi connectivity index (χ4v) is 5.08. The molecule has 0 fully saturated rings. The van der Waals surface area contributed by atoms with Gasteiger partial charge in [0.15, 0.2) is 5.69 Å². The van der Waals surface area contributed by atoms with Gasteiger partial charge in [0.2, 0.25) is 0 Å². The van der Waals surface area contributed by atoms with E-state index in [-0.39, 0.29) is 11.9 Å². The second-order valence-electron chi connectivity index (χ2n) is 7.02. The van der Waals surface area contributed by atoms with E-state index in [1.807, 2.05) is 51.9 Å². The van der Waals surface area contributed by atoms with Crippen molar-refractivity contribution in [3.8, 4) is 0 Å². The van der Waals surface area contributed by atoms with E-state index in [9.17, 15) is 4.79 Å². The molecule has 1 aromatic carbocycles. The van der Waals surface area contributed by atoms with Gasteiger partial charge in [0.25, 0.3) is 5.91 Å². The van der Waals surface area contributed by atoms with Gasteiger partial charge in [-0.15, -0.1) is 11.3 Å². The number of benzene rings is 1. The fourth-order valence-electron chi connectivity index (χ4n) is 4.00. The second-order valence-corrected chi connectivity index (χ2v) is 8.09. The number of amides is 1. The molecule has 4 aromatic heterocycles. The van der Waals surface area contributed by atoms with E-state index in [1.165, 1.54) is 0 Å². The summed E-state index contributed by atoms with van der Waals surface area (Å²) >= 11 is 1.61. The maximum atomic E-state index is 13.6. The number of H-pyrrole nitrogens is 1. The lowest BCUT2D eigenvalue weighted by atomic mass is 10.0. The average Bonchev–Trinajstić information content (AvgIpc) is 3.49. The minimum Gasteiger partial charge on any atom is -0.348 e. The molecule has 0 saturated carbocycles. The standard InChI is InChI=1S/C21H16N6OS/c28-21(18-15-6-3-4-9-26(15)12-24-18)27-10-8-14-17(23-11-22-14)19(27)20-25-13-5-1-2-7-16(13)29-20/h1-7,9,11-12,19H,8,10H2,(H,22,23)/t19-/m0/s1. The van der Waals surface area contributed by atoms with Crippen LogP contribution in [0.3, 0.4) is 0 Å². The zero-order valence-corrected chi connectivity index (χ0v) is 16.1. The highest BCUT2D eigenvalue weighted by Crippen LogP contribution is 2.38. The molecule has 29 heavy (non-hydrogen) atoms. The minimum absolute atomic E-state index is 0.100. The van der Waals surface area contributed by atoms with Gasteiger partial charge in [0.1, 0.15) is 17.4 Å². The van der Waals surface area contributed by atoms with Gasteiger partial charge in [-0.25, -0.2) is 15.0 Å². The van der Waals surface area contributed by atoms with Crippen LogP contribution < -0.4 is 0 Å². The lowest BCUT2D eigenvalue weighted by molar-refractivity contribution is 0.0687. The highest BCUT2D eigenvalue weighted by molar-refractivity contribution is 7.18. The Morgan fingerprint density at radius 3 is 2.97 bits per heavy atom. The van der Waals surface area contributed by atoms with Crippen molar-refractivity contribution in [3.05, 3.63) is 83.4 Å². The Morgan fingerprint density at radius 2 is 2.03 bits per heavy atom. The number of aromatic nitrogens is 5. The lowest BCUT2D eigenvalue weighted by Crippen LogP contribution is -2.41. The van der Waals surface area contributed by atoms with Gasteiger partial charge in [-0.05, 0) is 24.3 Å². The van der Waals surface area contributed by atoms with Gasteiger partial charge in [0.05, 0.1) is 27.8 Å². The summed E-state index contributed by atoms with van der Waals surface area (Å²) in [6, 6.07) is 13.5. The number of rotatable bonds is 2. The summed E-state index contributed by atoms with van der Waals surface area (Å²) < 4.78 is 2.97. The molecule has 0 aliphatic carbocycles. The summed E-state index contributed by atoms with van der Waals surface area (Å²) in [6.45, 7) is 0.584. The Balaban J connectivity index is 1.49. The largest absolute Gasteiger partial charge is 0.348 e. The number of aromatic amines is 1. The molecular weight excluding hydrogens is 384 g/mol. The summed E-state index contributed by atoms with van der Waals surface area (Å²) in [5, 5.41) is 0.871. The van der Waals surface area contributed by atoms with E-state index in [1.54, 1.807) is 24.0 Å². The molecule has 7 nitrogen and oxygen atoms in total. The Kier molecular flexibility index (Phi) is 3.54. The maximum Gasteiger partial charge on any atom is 0.275 e. The molecule has 1 N–H and O–H groups in total. The topological polar surface area (TPSA) is 79.2 Å². The van der Waals surface area contributed by atoms with Crippen LogP contribution in [0.1, 0.15) is 32.9 Å². The zero-order chi connectivity index (χ0) is 19.4. The zero-order valence-electron chi connectivity index (χ0n) is 15.3. The van der Waals surface area contributed by atoms with E-state index in [2.05, 4.69) is 21.0 Å². The van der Waals surface area contributed by atoms with E-state index < -0.39 is 0 Å². The van der Waals surface area contributed by atoms with E-state index >= 15 is 0 Å². The third-order valence-electron chi connectivity index (χ3n) is 5.38. The van der Waals surface area contributed by atoms with E-state index in [0.29, 0.717) is 12.2 Å². The molecule has 1 aliphatic heterocycles. The molecule has 5 heterocycles. The number of fused-ring (bicyclic) bond motifs is 3. The van der Waals surface area contributed by atoms with Crippen molar-refractivity contribution in [2.24, 2.45) is 0 Å². The van der Waals surface area contributed by atoms with E-state index in [4.69, 9.17) is 4.98 Å². The molecule has 0 unspecified atom stereocenters. The number of carbonyl (C=O) groups excluding carboxylic acids is 1. The Hall–Kier alpha value is -3.52. The first-order valence-corrected chi connectivity index (χ1v) is 10.2. The van der Waals surface area contributed by atoms with E-state index in [0.717, 1.165) is 38.5 Å². The smallest absolute Gasteiger partial charge is 0.275 e. The first-order valence-electron chi connectivity index (χ1n) is 9.40. The highest BCUT2D eigenvalue weighted by atomic mass is 32.1. The second kappa shape index (κ2) is 6.25. The van der Waals surface area contributed by atoms with Crippen molar-refractivity contribution < 1.29 is 4.79 Å². The number of hydrogen-bond donors (Lipinski definition) is 1. The number of para-hydroxylation sites is 1. The number of nitrogens with one attached hydrogen (secondary N) is 1. The number of nitrogens with zero attached hydrogens (tertiary/aromatic N) is 5. The molecule has 0 bridgehead atoms. The fraction of sp³-hybridized carbons (Fsp3) is 0.143. The summed E-state index contributed by atoms with van der Waals surface area (Å²) in [5.41, 5.74) is 4.12. The van der Waals surface area contributed by atoms with Crippen LogP contribution in [0.25, 0.3) is 15.7 Å². The summed E-state index contributed by atoms with van der Waals surface area (Å²) in [6.07, 6.45) is 6.00. The number of thiazole rings is 1. The summed E-state index contributed by atoms with van der Waals surface area (Å²) in [5.74, 6) is -0.100. The van der Waals surface area contributed by atoms with Gasteiger partial charge < -0.3 is 14.3 Å². The SMILES string of the molecule is O=C(c1ncn2ccccc12)N1CCc2[nH]cnc2[C@H]1c1nc2ccccc2s1. The van der Waals surface area contributed by atoms with Crippen molar-refractivity contribution in [1.29, 1.82) is 0 Å². The van der Waals surface area contributed by atoms with Crippen molar-refractivity contribution in [2.45, 2.75) is 12.5 Å². The Labute approximate surface area is 169 Å². The summed E-state index contributed by atoms with van der Waals surface area (Å²) in [4.78, 5) is 32.5. The van der Waals surface area contributed by atoms with Crippen LogP contribution in [-0.4, -0.2) is 41.7 Å².